The summed E-state index contributed by atoms with van der Waals surface area (Å²) in [5.74, 6) is 1.37. The Kier molecular flexibility index (Phi) is 4.29. The minimum Gasteiger partial charge on any atom is -0.489 e. The van der Waals surface area contributed by atoms with Crippen molar-refractivity contribution >= 4 is 16.6 Å². The van der Waals surface area contributed by atoms with Crippen molar-refractivity contribution in [3.63, 3.8) is 0 Å². The predicted octanol–water partition coefficient (Wildman–Crippen LogP) is 4.67. The van der Waals surface area contributed by atoms with Crippen molar-refractivity contribution in [3.05, 3.63) is 42.2 Å². The molecule has 4 nitrogen and oxygen atoms in total. The van der Waals surface area contributed by atoms with Gasteiger partial charge in [0.1, 0.15) is 11.9 Å². The SMILES string of the molecule is C=C(C(C)C)N1C2CCC1CC(Oc1cccc3nc(C)cc(N)c13)C2. The number of nitrogens with zero attached hydrogens (tertiary/aromatic N) is 2. The molecule has 2 aliphatic rings. The van der Waals surface area contributed by atoms with E-state index in [0.29, 0.717) is 18.0 Å². The number of benzene rings is 1. The Morgan fingerprint density at radius 2 is 1.96 bits per heavy atom. The first-order valence-electron chi connectivity index (χ1n) is 9.73. The number of allylic oxidation sites excluding steroid dienone is 1. The third kappa shape index (κ3) is 2.91. The molecule has 138 valence electrons. The first kappa shape index (κ1) is 17.2. The van der Waals surface area contributed by atoms with Gasteiger partial charge in [-0.05, 0) is 43.9 Å². The van der Waals surface area contributed by atoms with E-state index in [9.17, 15) is 0 Å². The quantitative estimate of drug-likeness (QED) is 0.870. The van der Waals surface area contributed by atoms with Gasteiger partial charge in [0.25, 0.3) is 0 Å². The molecule has 2 bridgehead atoms. The summed E-state index contributed by atoms with van der Waals surface area (Å²) < 4.78 is 6.48. The Morgan fingerprint density at radius 1 is 1.27 bits per heavy atom. The van der Waals surface area contributed by atoms with Crippen LogP contribution in [0.15, 0.2) is 36.5 Å². The van der Waals surface area contributed by atoms with E-state index in [4.69, 9.17) is 10.5 Å². The molecule has 2 unspecified atom stereocenters. The van der Waals surface area contributed by atoms with E-state index >= 15 is 0 Å². The van der Waals surface area contributed by atoms with Gasteiger partial charge in [0.2, 0.25) is 0 Å². The van der Waals surface area contributed by atoms with E-state index in [1.807, 2.05) is 31.2 Å². The van der Waals surface area contributed by atoms with Crippen molar-refractivity contribution in [2.45, 2.75) is 64.6 Å². The Morgan fingerprint density at radius 3 is 2.62 bits per heavy atom. The highest BCUT2D eigenvalue weighted by atomic mass is 16.5. The van der Waals surface area contributed by atoms with Crippen molar-refractivity contribution in [2.75, 3.05) is 5.73 Å². The second-order valence-electron chi connectivity index (χ2n) is 8.15. The van der Waals surface area contributed by atoms with Gasteiger partial charge in [-0.3, -0.25) is 4.98 Å². The highest BCUT2D eigenvalue weighted by molar-refractivity contribution is 5.95. The number of hydrogen-bond donors (Lipinski definition) is 1. The molecule has 1 aromatic carbocycles. The molecule has 0 radical (unpaired) electrons. The molecule has 0 saturated carbocycles. The van der Waals surface area contributed by atoms with Crippen molar-refractivity contribution in [3.8, 4) is 5.75 Å². The highest BCUT2D eigenvalue weighted by Gasteiger charge is 2.42. The van der Waals surface area contributed by atoms with Gasteiger partial charge in [-0.1, -0.05) is 26.5 Å². The molecule has 3 heterocycles. The monoisotopic (exact) mass is 351 g/mol. The molecule has 2 fully saturated rings. The maximum atomic E-state index is 6.48. The molecule has 2 N–H and O–H groups in total. The molecule has 0 aliphatic carbocycles. The number of ether oxygens (including phenoxy) is 1. The third-order valence-electron chi connectivity index (χ3n) is 5.94. The van der Waals surface area contributed by atoms with E-state index in [-0.39, 0.29) is 6.10 Å². The Hall–Kier alpha value is -2.23. The second-order valence-corrected chi connectivity index (χ2v) is 8.15. The van der Waals surface area contributed by atoms with Crippen LogP contribution in [0.2, 0.25) is 0 Å². The van der Waals surface area contributed by atoms with E-state index in [2.05, 4.69) is 30.3 Å². The zero-order chi connectivity index (χ0) is 18.4. The van der Waals surface area contributed by atoms with Gasteiger partial charge in [0.05, 0.1) is 10.9 Å². The lowest BCUT2D eigenvalue weighted by Crippen LogP contribution is -2.46. The summed E-state index contributed by atoms with van der Waals surface area (Å²) in [5.41, 5.74) is 10.2. The topological polar surface area (TPSA) is 51.4 Å². The molecule has 1 aromatic heterocycles. The standard InChI is InChI=1S/C22H29N3O/c1-13(2)15(4)25-16-8-9-17(25)12-18(11-16)26-21-7-5-6-20-22(21)19(23)10-14(3)24-20/h5-7,10,13,16-18H,4,8-9,11-12H2,1-3H3,(H2,23,24). The fourth-order valence-electron chi connectivity index (χ4n) is 4.69. The number of nitrogen functional groups attached to an aromatic ring is 1. The van der Waals surface area contributed by atoms with E-state index in [0.717, 1.165) is 40.9 Å². The summed E-state index contributed by atoms with van der Waals surface area (Å²) in [5, 5.41) is 0.944. The minimum absolute atomic E-state index is 0.231. The van der Waals surface area contributed by atoms with Crippen LogP contribution in [-0.4, -0.2) is 28.1 Å². The summed E-state index contributed by atoms with van der Waals surface area (Å²) in [6.45, 7) is 10.8. The van der Waals surface area contributed by atoms with Gasteiger partial charge in [0, 0.05) is 42.0 Å². The van der Waals surface area contributed by atoms with Gasteiger partial charge in [-0.15, -0.1) is 0 Å². The predicted molar refractivity (Wildman–Crippen MR) is 107 cm³/mol. The van der Waals surface area contributed by atoms with E-state index < -0.39 is 0 Å². The zero-order valence-corrected chi connectivity index (χ0v) is 16.0. The number of piperidine rings is 1. The van der Waals surface area contributed by atoms with Gasteiger partial charge in [-0.2, -0.15) is 0 Å². The lowest BCUT2D eigenvalue weighted by atomic mass is 9.96. The fourth-order valence-corrected chi connectivity index (χ4v) is 4.69. The lowest BCUT2D eigenvalue weighted by molar-refractivity contribution is 0.0664. The van der Waals surface area contributed by atoms with Gasteiger partial charge in [0.15, 0.2) is 0 Å². The number of pyridine rings is 1. The lowest BCUT2D eigenvalue weighted by Gasteiger charge is -2.42. The molecule has 4 heteroatoms. The number of rotatable bonds is 4. The van der Waals surface area contributed by atoms with Gasteiger partial charge < -0.3 is 15.4 Å². The maximum Gasteiger partial charge on any atom is 0.131 e. The Balaban J connectivity index is 1.57. The van der Waals surface area contributed by atoms with Crippen LogP contribution in [-0.2, 0) is 0 Å². The third-order valence-corrected chi connectivity index (χ3v) is 5.94. The van der Waals surface area contributed by atoms with Crippen molar-refractivity contribution in [2.24, 2.45) is 5.92 Å². The zero-order valence-electron chi connectivity index (χ0n) is 16.0. The number of aromatic nitrogens is 1. The number of anilines is 1. The van der Waals surface area contributed by atoms with Gasteiger partial charge >= 0.3 is 0 Å². The number of fused-ring (bicyclic) bond motifs is 3. The summed E-state index contributed by atoms with van der Waals surface area (Å²) in [6, 6.07) is 9.08. The van der Waals surface area contributed by atoms with Crippen molar-refractivity contribution < 1.29 is 4.74 Å². The summed E-state index contributed by atoms with van der Waals surface area (Å²) in [6.07, 6.45) is 4.83. The first-order chi connectivity index (χ1) is 12.4. The molecular weight excluding hydrogens is 322 g/mol. The van der Waals surface area contributed by atoms with E-state index in [1.165, 1.54) is 18.5 Å². The smallest absolute Gasteiger partial charge is 0.131 e. The van der Waals surface area contributed by atoms with Crippen molar-refractivity contribution in [1.29, 1.82) is 0 Å². The normalized spacial score (nSPS) is 25.1. The summed E-state index contributed by atoms with van der Waals surface area (Å²) >= 11 is 0. The van der Waals surface area contributed by atoms with Crippen LogP contribution in [0.25, 0.3) is 10.9 Å². The van der Waals surface area contributed by atoms with Crippen LogP contribution >= 0.6 is 0 Å². The first-order valence-corrected chi connectivity index (χ1v) is 9.73. The summed E-state index contributed by atoms with van der Waals surface area (Å²) in [7, 11) is 0. The van der Waals surface area contributed by atoms with Crippen LogP contribution in [0, 0.1) is 12.8 Å². The number of aryl methyl sites for hydroxylation is 1. The molecule has 26 heavy (non-hydrogen) atoms. The molecule has 0 amide bonds. The van der Waals surface area contributed by atoms with Crippen LogP contribution in [0.1, 0.15) is 45.2 Å². The largest absolute Gasteiger partial charge is 0.489 e. The number of nitrogens with two attached hydrogens (primary N) is 1. The molecule has 4 rings (SSSR count). The second kappa shape index (κ2) is 6.49. The maximum absolute atomic E-state index is 6.48. The van der Waals surface area contributed by atoms with Crippen LogP contribution in [0.3, 0.4) is 0 Å². The molecule has 0 spiro atoms. The van der Waals surface area contributed by atoms with Crippen LogP contribution in [0.4, 0.5) is 5.69 Å². The van der Waals surface area contributed by atoms with Crippen LogP contribution in [0.5, 0.6) is 5.75 Å². The Bertz CT molecular complexity index is 831. The molecular formula is C22H29N3O. The minimum atomic E-state index is 0.231. The molecule has 2 saturated heterocycles. The average Bonchev–Trinajstić information content (AvgIpc) is 2.84. The van der Waals surface area contributed by atoms with E-state index in [1.54, 1.807) is 0 Å². The van der Waals surface area contributed by atoms with Gasteiger partial charge in [-0.25, -0.2) is 0 Å². The molecule has 2 atom stereocenters. The van der Waals surface area contributed by atoms with Crippen LogP contribution < -0.4 is 10.5 Å². The number of hydrogen-bond acceptors (Lipinski definition) is 4. The molecule has 2 aliphatic heterocycles. The molecule has 2 aromatic rings. The average molecular weight is 351 g/mol. The van der Waals surface area contributed by atoms with Crippen molar-refractivity contribution in [1.82, 2.24) is 9.88 Å². The highest BCUT2D eigenvalue weighted by Crippen LogP contribution is 2.41. The Labute approximate surface area is 156 Å². The fraction of sp³-hybridized carbons (Fsp3) is 0.500. The summed E-state index contributed by atoms with van der Waals surface area (Å²) in [4.78, 5) is 7.18.